The molecule has 222 valence electrons. The molecule has 5 aromatic rings. The first-order valence-electron chi connectivity index (χ1n) is 14.2. The molecule has 3 aromatic carbocycles. The van der Waals surface area contributed by atoms with Crippen molar-refractivity contribution in [3.05, 3.63) is 143 Å². The van der Waals surface area contributed by atoms with Gasteiger partial charge in [0.15, 0.2) is 4.80 Å². The molecule has 44 heavy (non-hydrogen) atoms. The van der Waals surface area contributed by atoms with Crippen LogP contribution < -0.4 is 14.9 Å². The molecule has 0 radical (unpaired) electrons. The van der Waals surface area contributed by atoms with Crippen LogP contribution in [0.5, 0.6) is 0 Å². The molecular formula is C35H28Cl2N2O4S. The number of benzene rings is 3. The molecule has 3 heterocycles. The highest BCUT2D eigenvalue weighted by Crippen LogP contribution is 2.36. The first-order chi connectivity index (χ1) is 21.3. The van der Waals surface area contributed by atoms with Gasteiger partial charge in [0.25, 0.3) is 5.56 Å². The highest BCUT2D eigenvalue weighted by molar-refractivity contribution is 7.07. The fraction of sp³-hybridized carbons (Fsp3) is 0.171. The van der Waals surface area contributed by atoms with Gasteiger partial charge in [0.1, 0.15) is 11.5 Å². The van der Waals surface area contributed by atoms with E-state index in [0.717, 1.165) is 16.7 Å². The van der Waals surface area contributed by atoms with Gasteiger partial charge in [0, 0.05) is 17.2 Å². The average molecular weight is 644 g/mol. The van der Waals surface area contributed by atoms with Crippen molar-refractivity contribution in [1.82, 2.24) is 4.57 Å². The molecule has 1 atom stereocenters. The lowest BCUT2D eigenvalue weighted by atomic mass is 9.91. The van der Waals surface area contributed by atoms with Gasteiger partial charge >= 0.3 is 5.97 Å². The van der Waals surface area contributed by atoms with Crippen LogP contribution >= 0.6 is 34.5 Å². The molecule has 0 unspecified atom stereocenters. The summed E-state index contributed by atoms with van der Waals surface area (Å²) >= 11 is 13.8. The topological polar surface area (TPSA) is 73.8 Å². The maximum Gasteiger partial charge on any atom is 0.338 e. The number of furan rings is 1. The number of aromatic nitrogens is 1. The lowest BCUT2D eigenvalue weighted by Gasteiger charge is -2.26. The Morgan fingerprint density at radius 2 is 1.77 bits per heavy atom. The molecule has 1 aliphatic rings. The Labute approximate surface area is 268 Å². The molecule has 6 rings (SSSR count). The second-order valence-electron chi connectivity index (χ2n) is 10.6. The second-order valence-corrected chi connectivity index (χ2v) is 12.4. The number of rotatable bonds is 7. The average Bonchev–Trinajstić information content (AvgIpc) is 3.62. The summed E-state index contributed by atoms with van der Waals surface area (Å²) in [7, 11) is 0. The van der Waals surface area contributed by atoms with Crippen molar-refractivity contribution in [3.8, 4) is 11.3 Å². The van der Waals surface area contributed by atoms with Crippen molar-refractivity contribution in [2.45, 2.75) is 32.7 Å². The third kappa shape index (κ3) is 5.59. The molecule has 9 heteroatoms. The monoisotopic (exact) mass is 642 g/mol. The van der Waals surface area contributed by atoms with Gasteiger partial charge in [0.2, 0.25) is 0 Å². The Hall–Kier alpha value is -4.17. The summed E-state index contributed by atoms with van der Waals surface area (Å²) < 4.78 is 13.6. The summed E-state index contributed by atoms with van der Waals surface area (Å²) in [4.78, 5) is 33.2. The maximum atomic E-state index is 14.1. The third-order valence-electron chi connectivity index (χ3n) is 7.41. The van der Waals surface area contributed by atoms with Crippen molar-refractivity contribution in [2.24, 2.45) is 4.99 Å². The van der Waals surface area contributed by atoms with Crippen LogP contribution in [0.3, 0.4) is 0 Å². The standard InChI is InChI=1S/C35H28Cl2N2O4S/c1-4-42-34(41)29-31(22-9-6-5-7-10-22)38-35-39(32(29)23-15-13-21(14-16-23)20(2)3)33(40)28(44-35)19-24-17-18-27(43-24)25-11-8-12-26(36)30(25)37/h5-20,32H,4H2,1-3H3/b28-19-/t32-/m0/s1. The summed E-state index contributed by atoms with van der Waals surface area (Å²) in [5.41, 5.74) is 3.84. The zero-order valence-electron chi connectivity index (χ0n) is 24.2. The van der Waals surface area contributed by atoms with E-state index in [2.05, 4.69) is 13.8 Å². The summed E-state index contributed by atoms with van der Waals surface area (Å²) in [6, 6.07) is 25.6. The molecule has 0 saturated carbocycles. The van der Waals surface area contributed by atoms with Crippen LogP contribution in [0.15, 0.2) is 105 Å². The minimum absolute atomic E-state index is 0.186. The van der Waals surface area contributed by atoms with Crippen LogP contribution in [0.1, 0.15) is 55.2 Å². The molecular weight excluding hydrogens is 615 g/mol. The fourth-order valence-electron chi connectivity index (χ4n) is 5.22. The Balaban J connectivity index is 1.56. The minimum Gasteiger partial charge on any atom is -0.463 e. The first-order valence-corrected chi connectivity index (χ1v) is 15.8. The van der Waals surface area contributed by atoms with E-state index in [0.29, 0.717) is 53.7 Å². The van der Waals surface area contributed by atoms with E-state index in [4.69, 9.17) is 37.3 Å². The van der Waals surface area contributed by atoms with E-state index in [1.165, 1.54) is 11.3 Å². The van der Waals surface area contributed by atoms with Crippen molar-refractivity contribution in [1.29, 1.82) is 0 Å². The van der Waals surface area contributed by atoms with E-state index in [1.807, 2.05) is 60.7 Å². The number of thiazole rings is 1. The highest BCUT2D eigenvalue weighted by atomic mass is 35.5. The van der Waals surface area contributed by atoms with Crippen molar-refractivity contribution >= 4 is 52.3 Å². The van der Waals surface area contributed by atoms with Crippen molar-refractivity contribution in [3.63, 3.8) is 0 Å². The number of hydrogen-bond acceptors (Lipinski definition) is 6. The van der Waals surface area contributed by atoms with Gasteiger partial charge < -0.3 is 9.15 Å². The second kappa shape index (κ2) is 12.4. The van der Waals surface area contributed by atoms with E-state index >= 15 is 0 Å². The van der Waals surface area contributed by atoms with Crippen LogP contribution in [0.4, 0.5) is 0 Å². The summed E-state index contributed by atoms with van der Waals surface area (Å²) in [6.07, 6.45) is 1.68. The summed E-state index contributed by atoms with van der Waals surface area (Å²) in [5, 5.41) is 0.807. The van der Waals surface area contributed by atoms with Gasteiger partial charge in [-0.15, -0.1) is 0 Å². The van der Waals surface area contributed by atoms with Crippen LogP contribution in [0.25, 0.3) is 23.1 Å². The summed E-state index contributed by atoms with van der Waals surface area (Å²) in [6.45, 7) is 6.19. The number of fused-ring (bicyclic) bond motifs is 1. The zero-order chi connectivity index (χ0) is 31.0. The predicted molar refractivity (Wildman–Crippen MR) is 176 cm³/mol. The van der Waals surface area contributed by atoms with Gasteiger partial charge in [-0.25, -0.2) is 9.79 Å². The normalized spacial score (nSPS) is 15.0. The number of ether oxygens (including phenoxy) is 1. The van der Waals surface area contributed by atoms with Crippen LogP contribution in [0, 0.1) is 0 Å². The summed E-state index contributed by atoms with van der Waals surface area (Å²) in [5.74, 6) is 0.796. The van der Waals surface area contributed by atoms with Crippen molar-refractivity contribution in [2.75, 3.05) is 6.61 Å². The quantitative estimate of drug-likeness (QED) is 0.171. The highest BCUT2D eigenvalue weighted by Gasteiger charge is 2.35. The molecule has 0 aliphatic carbocycles. The van der Waals surface area contributed by atoms with Gasteiger partial charge in [-0.1, -0.05) is 109 Å². The Morgan fingerprint density at radius 1 is 1.02 bits per heavy atom. The molecule has 6 nitrogen and oxygen atoms in total. The van der Waals surface area contributed by atoms with Gasteiger partial charge in [-0.2, -0.15) is 0 Å². The molecule has 0 spiro atoms. The largest absolute Gasteiger partial charge is 0.463 e. The van der Waals surface area contributed by atoms with Gasteiger partial charge in [0.05, 0.1) is 38.5 Å². The van der Waals surface area contributed by atoms with Gasteiger partial charge in [-0.05, 0) is 48.2 Å². The molecule has 0 bridgehead atoms. The lowest BCUT2D eigenvalue weighted by Crippen LogP contribution is -2.40. The maximum absolute atomic E-state index is 14.1. The van der Waals surface area contributed by atoms with Crippen LogP contribution in [-0.2, 0) is 9.53 Å². The fourth-order valence-corrected chi connectivity index (χ4v) is 6.59. The van der Waals surface area contributed by atoms with E-state index in [-0.39, 0.29) is 12.2 Å². The molecule has 2 aromatic heterocycles. The molecule has 0 fully saturated rings. The first kappa shape index (κ1) is 29.9. The lowest BCUT2D eigenvalue weighted by molar-refractivity contribution is -0.138. The number of esters is 1. The SMILES string of the molecule is CCOC(=O)C1=C(c2ccccc2)N=c2s/c(=C\c3ccc(-c4cccc(Cl)c4Cl)o3)c(=O)n2[C@H]1c1ccc(C(C)C)cc1. The van der Waals surface area contributed by atoms with Gasteiger partial charge in [-0.3, -0.25) is 9.36 Å². The number of hydrogen-bond donors (Lipinski definition) is 0. The third-order valence-corrected chi connectivity index (χ3v) is 9.21. The minimum atomic E-state index is -0.749. The number of carbonyl (C=O) groups excluding carboxylic acids is 1. The molecule has 1 aliphatic heterocycles. The Morgan fingerprint density at radius 3 is 2.48 bits per heavy atom. The van der Waals surface area contributed by atoms with E-state index in [9.17, 15) is 9.59 Å². The Bertz CT molecular complexity index is 2070. The molecule has 0 saturated heterocycles. The van der Waals surface area contributed by atoms with E-state index in [1.54, 1.807) is 41.8 Å². The smallest absolute Gasteiger partial charge is 0.338 e. The number of carbonyl (C=O) groups is 1. The van der Waals surface area contributed by atoms with Crippen LogP contribution in [0.2, 0.25) is 10.0 Å². The number of halogens is 2. The van der Waals surface area contributed by atoms with Crippen molar-refractivity contribution < 1.29 is 13.9 Å². The Kier molecular flexibility index (Phi) is 8.45. The molecule has 0 N–H and O–H groups in total. The zero-order valence-corrected chi connectivity index (χ0v) is 26.5. The molecule has 0 amide bonds. The van der Waals surface area contributed by atoms with E-state index < -0.39 is 12.0 Å². The number of nitrogens with zero attached hydrogens (tertiary/aromatic N) is 2. The van der Waals surface area contributed by atoms with Crippen LogP contribution in [-0.4, -0.2) is 17.1 Å². The predicted octanol–water partition coefficient (Wildman–Crippen LogP) is 7.63.